The molecule has 0 aromatic carbocycles. The first-order valence-electron chi connectivity index (χ1n) is 7.39. The summed E-state index contributed by atoms with van der Waals surface area (Å²) >= 11 is 0. The highest BCUT2D eigenvalue weighted by atomic mass is 16.5. The average Bonchev–Trinajstić information content (AvgIpc) is 2.28. The maximum absolute atomic E-state index is 10.0. The molecule has 4 atom stereocenters. The molecule has 2 saturated heterocycles. The lowest BCUT2D eigenvalue weighted by Crippen LogP contribution is -2.54. The van der Waals surface area contributed by atoms with E-state index in [0.717, 1.165) is 12.8 Å². The Balaban J connectivity index is 1.53. The molecule has 3 fully saturated rings. The molecule has 3 aliphatic rings. The van der Waals surface area contributed by atoms with Gasteiger partial charge in [0, 0.05) is 6.42 Å². The SMILES string of the molecule is OC1CC(CCC2(O)COC2)OC(C2CCC2)C1O. The van der Waals surface area contributed by atoms with E-state index >= 15 is 0 Å². The predicted octanol–water partition coefficient (Wildman–Crippen LogP) is 0.207. The molecule has 0 bridgehead atoms. The summed E-state index contributed by atoms with van der Waals surface area (Å²) < 4.78 is 11.0. The topological polar surface area (TPSA) is 79.2 Å². The number of hydrogen-bond acceptors (Lipinski definition) is 5. The van der Waals surface area contributed by atoms with Gasteiger partial charge < -0.3 is 24.8 Å². The van der Waals surface area contributed by atoms with Crippen LogP contribution in [0.1, 0.15) is 38.5 Å². The van der Waals surface area contributed by atoms with Gasteiger partial charge in [-0.2, -0.15) is 0 Å². The largest absolute Gasteiger partial charge is 0.390 e. The molecule has 3 N–H and O–H groups in total. The van der Waals surface area contributed by atoms with Gasteiger partial charge in [0.05, 0.1) is 31.5 Å². The molecular formula is C14H24O5. The third-order valence-corrected chi connectivity index (χ3v) is 4.87. The highest BCUT2D eigenvalue weighted by Crippen LogP contribution is 2.38. The molecule has 0 spiro atoms. The van der Waals surface area contributed by atoms with Crippen LogP contribution < -0.4 is 0 Å². The summed E-state index contributed by atoms with van der Waals surface area (Å²) in [5.41, 5.74) is -0.698. The molecule has 1 aliphatic carbocycles. The molecule has 0 aromatic heterocycles. The van der Waals surface area contributed by atoms with Crippen LogP contribution in [0, 0.1) is 5.92 Å². The van der Waals surface area contributed by atoms with Crippen molar-refractivity contribution in [3.63, 3.8) is 0 Å². The van der Waals surface area contributed by atoms with Gasteiger partial charge in [-0.3, -0.25) is 0 Å². The molecular weight excluding hydrogens is 248 g/mol. The smallest absolute Gasteiger partial charge is 0.111 e. The van der Waals surface area contributed by atoms with Crippen molar-refractivity contribution in [1.82, 2.24) is 0 Å². The summed E-state index contributed by atoms with van der Waals surface area (Å²) in [5, 5.41) is 30.0. The standard InChI is InChI=1S/C14H24O5/c15-11-6-10(4-5-14(17)7-18-8-14)19-13(12(11)16)9-2-1-3-9/h9-13,15-17H,1-8H2. The van der Waals surface area contributed by atoms with E-state index in [2.05, 4.69) is 0 Å². The predicted molar refractivity (Wildman–Crippen MR) is 67.6 cm³/mol. The number of hydrogen-bond donors (Lipinski definition) is 3. The molecule has 4 unspecified atom stereocenters. The summed E-state index contributed by atoms with van der Waals surface area (Å²) in [4.78, 5) is 0. The lowest BCUT2D eigenvalue weighted by molar-refractivity contribution is -0.210. The minimum atomic E-state index is -0.753. The second-order valence-electron chi connectivity index (χ2n) is 6.46. The highest BCUT2D eigenvalue weighted by Gasteiger charge is 2.44. The molecule has 5 heteroatoms. The summed E-state index contributed by atoms with van der Waals surface area (Å²) in [6.07, 6.45) is 3.43. The Hall–Kier alpha value is -0.200. The zero-order chi connectivity index (χ0) is 13.5. The van der Waals surface area contributed by atoms with Gasteiger partial charge in [-0.15, -0.1) is 0 Å². The quantitative estimate of drug-likeness (QED) is 0.682. The first kappa shape index (κ1) is 13.8. The molecule has 0 aromatic rings. The van der Waals surface area contributed by atoms with Crippen molar-refractivity contribution in [3.05, 3.63) is 0 Å². The number of rotatable bonds is 4. The molecule has 1 saturated carbocycles. The van der Waals surface area contributed by atoms with Crippen LogP contribution in [0.2, 0.25) is 0 Å². The Kier molecular flexibility index (Phi) is 3.84. The van der Waals surface area contributed by atoms with E-state index in [-0.39, 0.29) is 12.2 Å². The van der Waals surface area contributed by atoms with Gasteiger partial charge in [0.25, 0.3) is 0 Å². The zero-order valence-electron chi connectivity index (χ0n) is 11.2. The van der Waals surface area contributed by atoms with E-state index in [0.29, 0.717) is 38.4 Å². The van der Waals surface area contributed by atoms with Crippen LogP contribution in [0.3, 0.4) is 0 Å². The molecule has 5 nitrogen and oxygen atoms in total. The van der Waals surface area contributed by atoms with Gasteiger partial charge >= 0.3 is 0 Å². The van der Waals surface area contributed by atoms with Crippen molar-refractivity contribution in [2.45, 2.75) is 68.5 Å². The van der Waals surface area contributed by atoms with Gasteiger partial charge in [-0.25, -0.2) is 0 Å². The fraction of sp³-hybridized carbons (Fsp3) is 1.00. The molecule has 0 radical (unpaired) electrons. The summed E-state index contributed by atoms with van der Waals surface area (Å²) in [5.74, 6) is 0.391. The van der Waals surface area contributed by atoms with E-state index in [4.69, 9.17) is 9.47 Å². The van der Waals surface area contributed by atoms with Crippen molar-refractivity contribution in [1.29, 1.82) is 0 Å². The normalized spacial score (nSPS) is 42.5. The van der Waals surface area contributed by atoms with Gasteiger partial charge in [0.2, 0.25) is 0 Å². The summed E-state index contributed by atoms with van der Waals surface area (Å²) in [6.45, 7) is 0.800. The fourth-order valence-electron chi connectivity index (χ4n) is 3.24. The van der Waals surface area contributed by atoms with E-state index in [1.165, 1.54) is 6.42 Å². The molecule has 2 aliphatic heterocycles. The van der Waals surface area contributed by atoms with Gasteiger partial charge in [0.15, 0.2) is 0 Å². The number of aliphatic hydroxyl groups excluding tert-OH is 2. The maximum Gasteiger partial charge on any atom is 0.111 e. The van der Waals surface area contributed by atoms with Crippen LogP contribution >= 0.6 is 0 Å². The lowest BCUT2D eigenvalue weighted by atomic mass is 9.76. The first-order valence-corrected chi connectivity index (χ1v) is 7.39. The molecule has 110 valence electrons. The van der Waals surface area contributed by atoms with Crippen molar-refractivity contribution in [2.24, 2.45) is 5.92 Å². The van der Waals surface area contributed by atoms with E-state index in [1.807, 2.05) is 0 Å². The Labute approximate surface area is 113 Å². The van der Waals surface area contributed by atoms with Crippen molar-refractivity contribution >= 4 is 0 Å². The fourth-order valence-corrected chi connectivity index (χ4v) is 3.24. The zero-order valence-corrected chi connectivity index (χ0v) is 11.2. The van der Waals surface area contributed by atoms with Gasteiger partial charge in [0.1, 0.15) is 11.7 Å². The highest BCUT2D eigenvalue weighted by molar-refractivity contribution is 4.93. The molecule has 0 amide bonds. The monoisotopic (exact) mass is 272 g/mol. The van der Waals surface area contributed by atoms with E-state index < -0.39 is 17.8 Å². The Bertz CT molecular complexity index is 313. The minimum absolute atomic E-state index is 0.0615. The molecule has 2 heterocycles. The second kappa shape index (κ2) is 5.30. The van der Waals surface area contributed by atoms with Crippen LogP contribution in [-0.2, 0) is 9.47 Å². The summed E-state index contributed by atoms with van der Waals surface area (Å²) in [6, 6.07) is 0. The Morgan fingerprint density at radius 3 is 2.42 bits per heavy atom. The third kappa shape index (κ3) is 2.81. The van der Waals surface area contributed by atoms with Crippen molar-refractivity contribution < 1.29 is 24.8 Å². The molecule has 19 heavy (non-hydrogen) atoms. The van der Waals surface area contributed by atoms with Crippen LogP contribution in [0.4, 0.5) is 0 Å². The van der Waals surface area contributed by atoms with Gasteiger partial charge in [-0.1, -0.05) is 6.42 Å². The van der Waals surface area contributed by atoms with Crippen molar-refractivity contribution in [2.75, 3.05) is 13.2 Å². The third-order valence-electron chi connectivity index (χ3n) is 4.87. The van der Waals surface area contributed by atoms with Crippen LogP contribution in [0.15, 0.2) is 0 Å². The number of ether oxygens (including phenoxy) is 2. The van der Waals surface area contributed by atoms with Gasteiger partial charge in [-0.05, 0) is 31.6 Å². The van der Waals surface area contributed by atoms with Crippen LogP contribution in [-0.4, -0.2) is 58.6 Å². The average molecular weight is 272 g/mol. The van der Waals surface area contributed by atoms with E-state index in [1.54, 1.807) is 0 Å². The van der Waals surface area contributed by atoms with Crippen LogP contribution in [0.25, 0.3) is 0 Å². The van der Waals surface area contributed by atoms with Crippen molar-refractivity contribution in [3.8, 4) is 0 Å². The van der Waals surface area contributed by atoms with E-state index in [9.17, 15) is 15.3 Å². The maximum atomic E-state index is 10.0. The van der Waals surface area contributed by atoms with Crippen LogP contribution in [0.5, 0.6) is 0 Å². The first-order chi connectivity index (χ1) is 9.07. The lowest BCUT2D eigenvalue weighted by Gasteiger charge is -2.45. The molecule has 3 rings (SSSR count). The summed E-state index contributed by atoms with van der Waals surface area (Å²) in [7, 11) is 0. The number of aliphatic hydroxyl groups is 3. The Morgan fingerprint density at radius 2 is 1.89 bits per heavy atom. The second-order valence-corrected chi connectivity index (χ2v) is 6.46. The Morgan fingerprint density at radius 1 is 1.16 bits per heavy atom. The minimum Gasteiger partial charge on any atom is -0.390 e.